The lowest BCUT2D eigenvalue weighted by Gasteiger charge is -2.32. The van der Waals surface area contributed by atoms with Gasteiger partial charge in [-0.2, -0.15) is 9.97 Å². The Kier molecular flexibility index (Phi) is 16.0. The van der Waals surface area contributed by atoms with Gasteiger partial charge in [0.05, 0.1) is 33.9 Å². The monoisotopic (exact) mass is 1040 g/mol. The first kappa shape index (κ1) is 50.7. The number of furan rings is 1. The Morgan fingerprint density at radius 3 is 2.18 bits per heavy atom. The standard InChI is InChI=1S/C48H58BrClN4O11Si2/c1-28-23-29(48(2,3)27-66(7,8)9)13-16-33(28)62-39-19-17-34(63-39)43(55)51-41-37(58-5)24-30(57-4)25-38(41)60-21-22-61-46-42(45(59-6)53-47(50)54-46)52-44(56)35-18-20-40(64-35)65-36-26-31(67(10,11)12)14-15-32(36)49/h13-18,20,23-26,39H,19,21-22,27H2,1-12H3,(H,51,55)(H,52,56). The summed E-state index contributed by atoms with van der Waals surface area (Å²) in [5, 5.41) is 6.55. The smallest absolute Gasteiger partial charge is 0.291 e. The van der Waals surface area contributed by atoms with Crippen molar-refractivity contribution in [3.8, 4) is 46.5 Å². The fourth-order valence-electron chi connectivity index (χ4n) is 7.56. The zero-order chi connectivity index (χ0) is 48.8. The van der Waals surface area contributed by atoms with Gasteiger partial charge >= 0.3 is 0 Å². The topological polar surface area (TPSA) is 171 Å². The number of methoxy groups -OCH3 is 3. The minimum Gasteiger partial charge on any atom is -0.496 e. The lowest BCUT2D eigenvalue weighted by Crippen LogP contribution is -2.37. The molecule has 15 nitrogen and oxygen atoms in total. The SMILES string of the molecule is COc1cc(OC)c(NC(=O)C2=CCC(Oc3ccc(C(C)(C)C[Si](C)(C)C)cc3C)O2)c(OCCOc2nc(Cl)nc(OC)c2NC(=O)c2ccc(Oc3cc([Si](C)(C)C)ccc3Br)o2)c1. The van der Waals surface area contributed by atoms with Crippen molar-refractivity contribution in [3.63, 3.8) is 0 Å². The van der Waals surface area contributed by atoms with E-state index in [9.17, 15) is 9.59 Å². The number of hydrogen-bond donors (Lipinski definition) is 2. The normalized spacial score (nSPS) is 13.8. The van der Waals surface area contributed by atoms with E-state index in [0.29, 0.717) is 23.7 Å². The third-order valence-corrected chi connectivity index (χ3v) is 15.4. The molecule has 1 atom stereocenters. The molecule has 0 spiro atoms. The molecule has 2 N–H and O–H groups in total. The summed E-state index contributed by atoms with van der Waals surface area (Å²) >= 11 is 9.76. The molecule has 6 rings (SSSR count). The van der Waals surface area contributed by atoms with Crippen LogP contribution in [0.15, 0.2) is 81.4 Å². The predicted octanol–water partition coefficient (Wildman–Crippen LogP) is 11.1. The molecule has 1 aliphatic rings. The summed E-state index contributed by atoms with van der Waals surface area (Å²) in [6, 6.07) is 19.6. The van der Waals surface area contributed by atoms with Gasteiger partial charge in [0.2, 0.25) is 23.3 Å². The molecule has 0 radical (unpaired) electrons. The van der Waals surface area contributed by atoms with Crippen LogP contribution in [0, 0.1) is 6.92 Å². The molecule has 0 bridgehead atoms. The average Bonchev–Trinajstić information content (AvgIpc) is 3.94. The first-order valence-corrected chi connectivity index (χ1v) is 29.9. The van der Waals surface area contributed by atoms with Gasteiger partial charge < -0.3 is 52.9 Å². The molecule has 67 heavy (non-hydrogen) atoms. The van der Waals surface area contributed by atoms with E-state index in [2.05, 4.69) is 108 Å². The Hall–Kier alpha value is -5.70. The van der Waals surface area contributed by atoms with Crippen molar-refractivity contribution in [1.82, 2.24) is 9.97 Å². The van der Waals surface area contributed by atoms with E-state index in [1.165, 1.54) is 44.2 Å². The molecule has 3 heterocycles. The number of benzene rings is 3. The summed E-state index contributed by atoms with van der Waals surface area (Å²) < 4.78 is 53.4. The van der Waals surface area contributed by atoms with E-state index in [4.69, 9.17) is 53.9 Å². The van der Waals surface area contributed by atoms with Crippen LogP contribution >= 0.6 is 27.5 Å². The predicted molar refractivity (Wildman–Crippen MR) is 267 cm³/mol. The summed E-state index contributed by atoms with van der Waals surface area (Å²) in [6.07, 6.45) is 1.33. The van der Waals surface area contributed by atoms with Crippen LogP contribution in [0.2, 0.25) is 50.6 Å². The lowest BCUT2D eigenvalue weighted by atomic mass is 9.86. The molecule has 1 aliphatic heterocycles. The third-order valence-electron chi connectivity index (χ3n) is 10.5. The van der Waals surface area contributed by atoms with Gasteiger partial charge in [0.15, 0.2) is 23.0 Å². The Morgan fingerprint density at radius 2 is 1.51 bits per heavy atom. The molecular formula is C48H58BrClN4O11Si2. The first-order chi connectivity index (χ1) is 31.6. The highest BCUT2D eigenvalue weighted by atomic mass is 79.9. The highest BCUT2D eigenvalue weighted by Crippen LogP contribution is 2.41. The number of amides is 2. The van der Waals surface area contributed by atoms with E-state index < -0.39 is 34.3 Å². The molecule has 358 valence electrons. The van der Waals surface area contributed by atoms with Crippen molar-refractivity contribution in [2.45, 2.75) is 84.2 Å². The summed E-state index contributed by atoms with van der Waals surface area (Å²) in [6.45, 7) is 20.2. The number of halogens is 2. The fourth-order valence-corrected chi connectivity index (χ4v) is 12.0. The Bertz CT molecular complexity index is 2650. The largest absolute Gasteiger partial charge is 0.496 e. The van der Waals surface area contributed by atoms with Crippen LogP contribution in [0.25, 0.3) is 0 Å². The van der Waals surface area contributed by atoms with Gasteiger partial charge in [-0.25, -0.2) is 0 Å². The van der Waals surface area contributed by atoms with E-state index in [1.807, 2.05) is 25.1 Å². The summed E-state index contributed by atoms with van der Waals surface area (Å²) in [4.78, 5) is 35.5. The quantitative estimate of drug-likeness (QED) is 0.0429. The number of carbonyl (C=O) groups excluding carboxylic acids is 2. The number of anilines is 2. The Balaban J connectivity index is 1.10. The van der Waals surface area contributed by atoms with Crippen molar-refractivity contribution in [1.29, 1.82) is 0 Å². The summed E-state index contributed by atoms with van der Waals surface area (Å²) in [5.41, 5.74) is 2.48. The summed E-state index contributed by atoms with van der Waals surface area (Å²) in [5.74, 6) is 0.823. The van der Waals surface area contributed by atoms with E-state index >= 15 is 0 Å². The van der Waals surface area contributed by atoms with E-state index in [-0.39, 0.29) is 76.0 Å². The van der Waals surface area contributed by atoms with Crippen LogP contribution in [-0.2, 0) is 14.9 Å². The Morgan fingerprint density at radius 1 is 0.806 bits per heavy atom. The zero-order valence-electron chi connectivity index (χ0n) is 39.9. The molecule has 19 heteroatoms. The van der Waals surface area contributed by atoms with Crippen LogP contribution in [0.5, 0.6) is 46.5 Å². The van der Waals surface area contributed by atoms with Gasteiger partial charge in [-0.05, 0) is 87.4 Å². The molecule has 5 aromatic rings. The summed E-state index contributed by atoms with van der Waals surface area (Å²) in [7, 11) is 1.36. The molecule has 0 aliphatic carbocycles. The van der Waals surface area contributed by atoms with Gasteiger partial charge in [-0.3, -0.25) is 9.59 Å². The Labute approximate surface area is 406 Å². The molecular weight excluding hydrogens is 980 g/mol. The minimum atomic E-state index is -1.63. The number of aromatic nitrogens is 2. The van der Waals surface area contributed by atoms with Gasteiger partial charge in [0, 0.05) is 32.7 Å². The fraction of sp³-hybridized carbons (Fsp3) is 0.375. The first-order valence-electron chi connectivity index (χ1n) is 21.6. The molecule has 1 unspecified atom stereocenters. The van der Waals surface area contributed by atoms with Crippen molar-refractivity contribution >= 4 is 72.1 Å². The zero-order valence-corrected chi connectivity index (χ0v) is 44.2. The van der Waals surface area contributed by atoms with Gasteiger partial charge in [0.25, 0.3) is 17.8 Å². The maximum atomic E-state index is 13.7. The molecule has 3 aromatic carbocycles. The lowest BCUT2D eigenvalue weighted by molar-refractivity contribution is -0.119. The maximum absolute atomic E-state index is 13.7. The number of nitrogens with zero attached hydrogens (tertiary/aromatic N) is 2. The second kappa shape index (κ2) is 21.1. The second-order valence-corrected chi connectivity index (χ2v) is 30.4. The average molecular weight is 1040 g/mol. The van der Waals surface area contributed by atoms with Crippen LogP contribution < -0.4 is 49.0 Å². The number of ether oxygens (including phenoxy) is 8. The molecule has 2 aromatic heterocycles. The molecule has 2 amide bonds. The number of hydrogen-bond acceptors (Lipinski definition) is 13. The highest BCUT2D eigenvalue weighted by molar-refractivity contribution is 9.10. The van der Waals surface area contributed by atoms with Crippen molar-refractivity contribution in [2.24, 2.45) is 0 Å². The van der Waals surface area contributed by atoms with Crippen molar-refractivity contribution < 1.29 is 51.9 Å². The van der Waals surface area contributed by atoms with Crippen LogP contribution in [0.4, 0.5) is 11.4 Å². The van der Waals surface area contributed by atoms with Crippen LogP contribution in [0.3, 0.4) is 0 Å². The highest BCUT2D eigenvalue weighted by Gasteiger charge is 2.31. The number of rotatable bonds is 20. The number of carbonyl (C=O) groups is 2. The van der Waals surface area contributed by atoms with Gasteiger partial charge in [0.1, 0.15) is 41.9 Å². The molecule has 0 saturated heterocycles. The van der Waals surface area contributed by atoms with Gasteiger partial charge in [-0.1, -0.05) is 76.5 Å². The van der Waals surface area contributed by atoms with E-state index in [0.717, 1.165) is 16.1 Å². The van der Waals surface area contributed by atoms with Crippen molar-refractivity contribution in [3.05, 3.63) is 99.1 Å². The van der Waals surface area contributed by atoms with Gasteiger partial charge in [-0.15, -0.1) is 0 Å². The van der Waals surface area contributed by atoms with E-state index in [1.54, 1.807) is 18.2 Å². The second-order valence-electron chi connectivity index (χ2n) is 18.7. The molecule has 0 fully saturated rings. The maximum Gasteiger partial charge on any atom is 0.291 e. The molecule has 0 saturated carbocycles. The van der Waals surface area contributed by atoms with Crippen LogP contribution in [0.1, 0.15) is 41.9 Å². The minimum absolute atomic E-state index is 0.0157. The van der Waals surface area contributed by atoms with Crippen LogP contribution in [-0.4, -0.2) is 78.8 Å². The number of aryl methyl sites for hydroxylation is 1. The van der Waals surface area contributed by atoms with Crippen molar-refractivity contribution in [2.75, 3.05) is 45.2 Å². The third kappa shape index (κ3) is 13.1. The number of nitrogens with one attached hydrogen (secondary N) is 2.